The molecule has 148 valence electrons. The zero-order valence-electron chi connectivity index (χ0n) is 16.3. The first-order valence-corrected chi connectivity index (χ1v) is 9.90. The summed E-state index contributed by atoms with van der Waals surface area (Å²) in [5, 5.41) is 0. The Labute approximate surface area is 160 Å². The Morgan fingerprint density at radius 1 is 0.963 bits per heavy atom. The Bertz CT molecular complexity index is 665. The van der Waals surface area contributed by atoms with Gasteiger partial charge in [-0.3, -0.25) is 4.79 Å². The third-order valence-corrected chi connectivity index (χ3v) is 5.07. The molecule has 8 nitrogen and oxygen atoms in total. The summed E-state index contributed by atoms with van der Waals surface area (Å²) in [4.78, 5) is 39.4. The molecule has 3 rings (SSSR count). The first kappa shape index (κ1) is 19.4. The van der Waals surface area contributed by atoms with E-state index in [-0.39, 0.29) is 12.0 Å². The van der Waals surface area contributed by atoms with Crippen LogP contribution in [-0.2, 0) is 4.74 Å². The molecule has 2 aliphatic heterocycles. The summed E-state index contributed by atoms with van der Waals surface area (Å²) in [6.45, 7) is 8.09. The van der Waals surface area contributed by atoms with Gasteiger partial charge in [-0.25, -0.2) is 14.8 Å². The molecule has 0 unspecified atom stereocenters. The van der Waals surface area contributed by atoms with Crippen molar-refractivity contribution in [2.45, 2.75) is 39.5 Å². The normalized spacial score (nSPS) is 18.2. The molecule has 8 heteroatoms. The molecule has 0 bridgehead atoms. The zero-order valence-corrected chi connectivity index (χ0v) is 16.3. The van der Waals surface area contributed by atoms with Crippen molar-refractivity contribution in [2.24, 2.45) is 0 Å². The van der Waals surface area contributed by atoms with Crippen LogP contribution in [0.5, 0.6) is 0 Å². The van der Waals surface area contributed by atoms with Gasteiger partial charge in [0.05, 0.1) is 6.61 Å². The van der Waals surface area contributed by atoms with Crippen LogP contribution in [0.25, 0.3) is 0 Å². The fraction of sp³-hybridized carbons (Fsp3) is 0.684. The molecule has 0 spiro atoms. The van der Waals surface area contributed by atoms with Crippen molar-refractivity contribution >= 4 is 17.8 Å². The van der Waals surface area contributed by atoms with Gasteiger partial charge in [-0.15, -0.1) is 0 Å². The lowest BCUT2D eigenvalue weighted by molar-refractivity contribution is 0.0755. The number of likely N-dealkylation sites (tertiary alicyclic amines) is 1. The second-order valence-corrected chi connectivity index (χ2v) is 7.04. The molecule has 0 aliphatic carbocycles. The van der Waals surface area contributed by atoms with Crippen LogP contribution < -0.4 is 4.90 Å². The summed E-state index contributed by atoms with van der Waals surface area (Å²) in [6, 6.07) is 1.79. The van der Waals surface area contributed by atoms with Gasteiger partial charge in [0.25, 0.3) is 5.91 Å². The first-order chi connectivity index (χ1) is 13.1. The van der Waals surface area contributed by atoms with E-state index < -0.39 is 0 Å². The number of carbonyl (C=O) groups is 2. The molecular weight excluding hydrogens is 346 g/mol. The average Bonchev–Trinajstić information content (AvgIpc) is 2.97. The fourth-order valence-corrected chi connectivity index (χ4v) is 3.59. The number of nitrogens with zero attached hydrogens (tertiary/aromatic N) is 5. The quantitative estimate of drug-likeness (QED) is 0.805. The maximum Gasteiger partial charge on any atom is 0.409 e. The molecule has 2 amide bonds. The number of amides is 2. The van der Waals surface area contributed by atoms with Crippen LogP contribution in [0.4, 0.5) is 10.6 Å². The van der Waals surface area contributed by atoms with E-state index in [9.17, 15) is 9.59 Å². The molecule has 0 aromatic carbocycles. The molecule has 1 aromatic heterocycles. The maximum absolute atomic E-state index is 12.9. The van der Waals surface area contributed by atoms with Crippen molar-refractivity contribution in [1.29, 1.82) is 0 Å². The number of carbonyl (C=O) groups excluding carboxylic acids is 2. The smallest absolute Gasteiger partial charge is 0.409 e. The third kappa shape index (κ3) is 4.87. The molecule has 0 N–H and O–H groups in total. The fourth-order valence-electron chi connectivity index (χ4n) is 3.59. The number of anilines is 1. The molecule has 2 aliphatic rings. The maximum atomic E-state index is 12.9. The van der Waals surface area contributed by atoms with Crippen LogP contribution in [0, 0.1) is 6.92 Å². The van der Waals surface area contributed by atoms with Crippen LogP contribution in [0.15, 0.2) is 6.07 Å². The van der Waals surface area contributed by atoms with E-state index in [1.165, 1.54) is 12.8 Å². The highest BCUT2D eigenvalue weighted by molar-refractivity contribution is 5.93. The van der Waals surface area contributed by atoms with Crippen molar-refractivity contribution in [3.8, 4) is 0 Å². The Hall–Kier alpha value is -2.38. The highest BCUT2D eigenvalue weighted by Crippen LogP contribution is 2.18. The van der Waals surface area contributed by atoms with Gasteiger partial charge in [0, 0.05) is 45.3 Å². The van der Waals surface area contributed by atoms with E-state index in [4.69, 9.17) is 4.74 Å². The summed E-state index contributed by atoms with van der Waals surface area (Å²) < 4.78 is 5.06. The number of hydrogen-bond acceptors (Lipinski definition) is 6. The molecule has 2 saturated heterocycles. The molecule has 0 saturated carbocycles. The van der Waals surface area contributed by atoms with Gasteiger partial charge in [0.15, 0.2) is 0 Å². The number of aromatic nitrogens is 2. The monoisotopic (exact) mass is 375 g/mol. The second-order valence-electron chi connectivity index (χ2n) is 7.04. The minimum absolute atomic E-state index is 0.00573. The van der Waals surface area contributed by atoms with Crippen LogP contribution in [-0.4, -0.2) is 77.6 Å². The van der Waals surface area contributed by atoms with E-state index in [1.807, 2.05) is 11.8 Å². The minimum Gasteiger partial charge on any atom is -0.450 e. The molecule has 27 heavy (non-hydrogen) atoms. The van der Waals surface area contributed by atoms with E-state index >= 15 is 0 Å². The van der Waals surface area contributed by atoms with Gasteiger partial charge in [-0.05, 0) is 26.7 Å². The largest absolute Gasteiger partial charge is 0.450 e. The van der Waals surface area contributed by atoms with Crippen LogP contribution >= 0.6 is 0 Å². The third-order valence-electron chi connectivity index (χ3n) is 5.07. The van der Waals surface area contributed by atoms with Crippen molar-refractivity contribution in [2.75, 3.05) is 50.8 Å². The summed E-state index contributed by atoms with van der Waals surface area (Å²) in [7, 11) is 0. The SMILES string of the molecule is CCOC(=O)N1CCN(c2cc(C(=O)N3CCCCCC3)nc(C)n2)CC1. The predicted molar refractivity (Wildman–Crippen MR) is 102 cm³/mol. The zero-order chi connectivity index (χ0) is 19.2. The Balaban J connectivity index is 1.68. The topological polar surface area (TPSA) is 78.9 Å². The lowest BCUT2D eigenvalue weighted by atomic mass is 10.2. The van der Waals surface area contributed by atoms with Gasteiger partial charge in [-0.2, -0.15) is 0 Å². The summed E-state index contributed by atoms with van der Waals surface area (Å²) in [6.07, 6.45) is 4.20. The second kappa shape index (κ2) is 9.01. The molecule has 0 radical (unpaired) electrons. The lowest BCUT2D eigenvalue weighted by Gasteiger charge is -2.34. The van der Waals surface area contributed by atoms with Crippen molar-refractivity contribution < 1.29 is 14.3 Å². The number of hydrogen-bond donors (Lipinski definition) is 0. The predicted octanol–water partition coefficient (Wildman–Crippen LogP) is 2.08. The minimum atomic E-state index is -0.270. The van der Waals surface area contributed by atoms with Gasteiger partial charge in [0.2, 0.25) is 0 Å². The van der Waals surface area contributed by atoms with E-state index in [0.717, 1.165) is 31.7 Å². The molecular formula is C19H29N5O3. The van der Waals surface area contributed by atoms with E-state index in [0.29, 0.717) is 44.3 Å². The van der Waals surface area contributed by atoms with Gasteiger partial charge in [0.1, 0.15) is 17.3 Å². The summed E-state index contributed by atoms with van der Waals surface area (Å²) in [5.74, 6) is 1.34. The van der Waals surface area contributed by atoms with Gasteiger partial charge in [-0.1, -0.05) is 12.8 Å². The van der Waals surface area contributed by atoms with Crippen LogP contribution in [0.3, 0.4) is 0 Å². The number of aryl methyl sites for hydroxylation is 1. The highest BCUT2D eigenvalue weighted by Gasteiger charge is 2.25. The number of rotatable bonds is 3. The van der Waals surface area contributed by atoms with E-state index in [1.54, 1.807) is 17.9 Å². The van der Waals surface area contributed by atoms with Crippen molar-refractivity contribution in [1.82, 2.24) is 19.8 Å². The molecule has 1 aromatic rings. The van der Waals surface area contributed by atoms with Crippen LogP contribution in [0.2, 0.25) is 0 Å². The van der Waals surface area contributed by atoms with Gasteiger partial charge < -0.3 is 19.4 Å². The molecule has 0 atom stereocenters. The Kier molecular flexibility index (Phi) is 6.47. The standard InChI is InChI=1S/C19H29N5O3/c1-3-27-19(26)24-12-10-22(11-13-24)17-14-16(20-15(2)21-17)18(25)23-8-6-4-5-7-9-23/h14H,3-13H2,1-2H3. The number of ether oxygens (including phenoxy) is 1. The molecule has 3 heterocycles. The lowest BCUT2D eigenvalue weighted by Crippen LogP contribution is -2.49. The summed E-state index contributed by atoms with van der Waals surface area (Å²) >= 11 is 0. The van der Waals surface area contributed by atoms with Crippen molar-refractivity contribution in [3.63, 3.8) is 0 Å². The van der Waals surface area contributed by atoms with E-state index in [2.05, 4.69) is 14.9 Å². The summed E-state index contributed by atoms with van der Waals surface area (Å²) in [5.41, 5.74) is 0.465. The first-order valence-electron chi connectivity index (χ1n) is 9.90. The Morgan fingerprint density at radius 2 is 1.63 bits per heavy atom. The van der Waals surface area contributed by atoms with Crippen molar-refractivity contribution in [3.05, 3.63) is 17.6 Å². The Morgan fingerprint density at radius 3 is 2.26 bits per heavy atom. The van der Waals surface area contributed by atoms with Gasteiger partial charge >= 0.3 is 6.09 Å². The number of piperazine rings is 1. The van der Waals surface area contributed by atoms with Crippen LogP contribution in [0.1, 0.15) is 48.9 Å². The average molecular weight is 375 g/mol. The highest BCUT2D eigenvalue weighted by atomic mass is 16.6. The molecule has 2 fully saturated rings.